The maximum absolute atomic E-state index is 11.7. The third kappa shape index (κ3) is 4.08. The van der Waals surface area contributed by atoms with Gasteiger partial charge in [0, 0.05) is 6.04 Å². The molecule has 0 amide bonds. The molecule has 2 N–H and O–H groups in total. The van der Waals surface area contributed by atoms with Gasteiger partial charge in [-0.3, -0.25) is 4.79 Å². The SMILES string of the molecule is NC(CC(=O)OCCF)c1ccccc1. The zero-order valence-corrected chi connectivity index (χ0v) is 8.36. The zero-order valence-electron chi connectivity index (χ0n) is 8.36. The van der Waals surface area contributed by atoms with Gasteiger partial charge < -0.3 is 10.5 Å². The largest absolute Gasteiger partial charge is 0.463 e. The fourth-order valence-corrected chi connectivity index (χ4v) is 1.21. The van der Waals surface area contributed by atoms with Gasteiger partial charge in [0.05, 0.1) is 6.42 Å². The first-order valence-corrected chi connectivity index (χ1v) is 4.76. The van der Waals surface area contributed by atoms with Gasteiger partial charge in [0.1, 0.15) is 13.3 Å². The molecular formula is C11H14FNO2. The number of halogens is 1. The van der Waals surface area contributed by atoms with Crippen LogP contribution in [0.5, 0.6) is 0 Å². The van der Waals surface area contributed by atoms with Crippen molar-refractivity contribution in [3.63, 3.8) is 0 Å². The molecule has 1 aromatic rings. The minimum atomic E-state index is -0.660. The molecule has 15 heavy (non-hydrogen) atoms. The highest BCUT2D eigenvalue weighted by Gasteiger charge is 2.11. The monoisotopic (exact) mass is 211 g/mol. The third-order valence-electron chi connectivity index (χ3n) is 1.95. The van der Waals surface area contributed by atoms with Crippen molar-refractivity contribution in [2.75, 3.05) is 13.3 Å². The normalized spacial score (nSPS) is 12.1. The molecule has 0 spiro atoms. The molecule has 1 atom stereocenters. The first kappa shape index (κ1) is 11.7. The lowest BCUT2D eigenvalue weighted by molar-refractivity contribution is -0.144. The van der Waals surface area contributed by atoms with E-state index in [4.69, 9.17) is 5.73 Å². The number of carbonyl (C=O) groups is 1. The van der Waals surface area contributed by atoms with Gasteiger partial charge in [-0.1, -0.05) is 30.3 Å². The molecule has 3 nitrogen and oxygen atoms in total. The summed E-state index contributed by atoms with van der Waals surface area (Å²) in [6.45, 7) is -0.855. The van der Waals surface area contributed by atoms with Gasteiger partial charge in [0.2, 0.25) is 0 Å². The van der Waals surface area contributed by atoms with E-state index in [9.17, 15) is 9.18 Å². The van der Waals surface area contributed by atoms with E-state index in [1.54, 1.807) is 0 Å². The van der Waals surface area contributed by atoms with E-state index in [2.05, 4.69) is 4.74 Å². The van der Waals surface area contributed by atoms with Crippen LogP contribution in [0.2, 0.25) is 0 Å². The molecule has 1 rings (SSSR count). The van der Waals surface area contributed by atoms with E-state index in [1.807, 2.05) is 30.3 Å². The Kier molecular flexibility index (Phi) is 4.77. The third-order valence-corrected chi connectivity index (χ3v) is 1.95. The first-order valence-electron chi connectivity index (χ1n) is 4.76. The number of hydrogen-bond donors (Lipinski definition) is 1. The van der Waals surface area contributed by atoms with Crippen molar-refractivity contribution in [1.82, 2.24) is 0 Å². The fourth-order valence-electron chi connectivity index (χ4n) is 1.21. The van der Waals surface area contributed by atoms with Crippen LogP contribution in [-0.2, 0) is 9.53 Å². The summed E-state index contributed by atoms with van der Waals surface area (Å²) in [6.07, 6.45) is 0.0734. The summed E-state index contributed by atoms with van der Waals surface area (Å²) in [7, 11) is 0. The van der Waals surface area contributed by atoms with E-state index in [0.717, 1.165) is 5.56 Å². The Morgan fingerprint density at radius 1 is 1.40 bits per heavy atom. The number of hydrogen-bond acceptors (Lipinski definition) is 3. The second-order valence-corrected chi connectivity index (χ2v) is 3.13. The zero-order chi connectivity index (χ0) is 11.1. The van der Waals surface area contributed by atoms with Crippen LogP contribution < -0.4 is 5.73 Å². The lowest BCUT2D eigenvalue weighted by Gasteiger charge is -2.10. The van der Waals surface area contributed by atoms with Crippen molar-refractivity contribution in [3.05, 3.63) is 35.9 Å². The molecular weight excluding hydrogens is 197 g/mol. The van der Waals surface area contributed by atoms with Gasteiger partial charge in [-0.25, -0.2) is 4.39 Å². The minimum absolute atomic E-state index is 0.0734. The fraction of sp³-hybridized carbons (Fsp3) is 0.364. The smallest absolute Gasteiger partial charge is 0.307 e. The van der Waals surface area contributed by atoms with Gasteiger partial charge >= 0.3 is 5.97 Å². The summed E-state index contributed by atoms with van der Waals surface area (Å²) in [5.41, 5.74) is 6.64. The number of benzene rings is 1. The summed E-state index contributed by atoms with van der Waals surface area (Å²) in [5, 5.41) is 0. The van der Waals surface area contributed by atoms with Crippen LogP contribution in [0.25, 0.3) is 0 Å². The molecule has 0 saturated carbocycles. The summed E-state index contributed by atoms with van der Waals surface area (Å²) in [4.78, 5) is 11.1. The van der Waals surface area contributed by atoms with Gasteiger partial charge in [0.25, 0.3) is 0 Å². The van der Waals surface area contributed by atoms with Crippen molar-refractivity contribution < 1.29 is 13.9 Å². The highest BCUT2D eigenvalue weighted by atomic mass is 19.1. The summed E-state index contributed by atoms with van der Waals surface area (Å²) in [5.74, 6) is -0.469. The number of ether oxygens (including phenoxy) is 1. The summed E-state index contributed by atoms with van der Waals surface area (Å²) < 4.78 is 16.3. The van der Waals surface area contributed by atoms with Crippen molar-refractivity contribution >= 4 is 5.97 Å². The number of nitrogens with two attached hydrogens (primary N) is 1. The maximum atomic E-state index is 11.7. The quantitative estimate of drug-likeness (QED) is 0.752. The lowest BCUT2D eigenvalue weighted by atomic mass is 10.1. The topological polar surface area (TPSA) is 52.3 Å². The molecule has 0 aliphatic heterocycles. The highest BCUT2D eigenvalue weighted by molar-refractivity contribution is 5.70. The molecule has 4 heteroatoms. The molecule has 0 heterocycles. The minimum Gasteiger partial charge on any atom is -0.463 e. The molecule has 0 bridgehead atoms. The summed E-state index contributed by atoms with van der Waals surface area (Å²) >= 11 is 0. The summed E-state index contributed by atoms with van der Waals surface area (Å²) in [6, 6.07) is 8.86. The average molecular weight is 211 g/mol. The van der Waals surface area contributed by atoms with Crippen molar-refractivity contribution in [1.29, 1.82) is 0 Å². The Hall–Kier alpha value is -1.42. The van der Waals surface area contributed by atoms with E-state index >= 15 is 0 Å². The Bertz CT molecular complexity index is 303. The molecule has 0 saturated heterocycles. The molecule has 82 valence electrons. The maximum Gasteiger partial charge on any atom is 0.307 e. The Morgan fingerprint density at radius 2 is 2.07 bits per heavy atom. The van der Waals surface area contributed by atoms with Crippen LogP contribution in [0.3, 0.4) is 0 Å². The Morgan fingerprint density at radius 3 is 2.67 bits per heavy atom. The molecule has 0 fully saturated rings. The van der Waals surface area contributed by atoms with Gasteiger partial charge in [-0.2, -0.15) is 0 Å². The first-order chi connectivity index (χ1) is 7.24. The van der Waals surface area contributed by atoms with Crippen molar-refractivity contribution in [2.24, 2.45) is 5.73 Å². The van der Waals surface area contributed by atoms with Crippen molar-refractivity contribution in [2.45, 2.75) is 12.5 Å². The molecule has 1 unspecified atom stereocenters. The van der Waals surface area contributed by atoms with Crippen LogP contribution in [-0.4, -0.2) is 19.3 Å². The second-order valence-electron chi connectivity index (χ2n) is 3.13. The van der Waals surface area contributed by atoms with E-state index < -0.39 is 18.7 Å². The van der Waals surface area contributed by atoms with Gasteiger partial charge in [-0.05, 0) is 5.56 Å². The second kappa shape index (κ2) is 6.14. The molecule has 0 aromatic heterocycles. The van der Waals surface area contributed by atoms with E-state index in [-0.39, 0.29) is 13.0 Å². The highest BCUT2D eigenvalue weighted by Crippen LogP contribution is 2.13. The van der Waals surface area contributed by atoms with E-state index in [0.29, 0.717) is 0 Å². The van der Waals surface area contributed by atoms with Crippen LogP contribution in [0.15, 0.2) is 30.3 Å². The van der Waals surface area contributed by atoms with E-state index in [1.165, 1.54) is 0 Å². The van der Waals surface area contributed by atoms with Crippen LogP contribution in [0.1, 0.15) is 18.0 Å². The Labute approximate surface area is 88.0 Å². The lowest BCUT2D eigenvalue weighted by Crippen LogP contribution is -2.17. The number of rotatable bonds is 5. The Balaban J connectivity index is 2.42. The average Bonchev–Trinajstić information content (AvgIpc) is 2.27. The van der Waals surface area contributed by atoms with Crippen molar-refractivity contribution in [3.8, 4) is 0 Å². The number of esters is 1. The molecule has 0 aliphatic rings. The van der Waals surface area contributed by atoms with Crippen LogP contribution in [0.4, 0.5) is 4.39 Å². The predicted octanol–water partition coefficient (Wildman–Crippen LogP) is 1.59. The molecule has 0 radical (unpaired) electrons. The number of alkyl halides is 1. The van der Waals surface area contributed by atoms with Gasteiger partial charge in [0.15, 0.2) is 0 Å². The standard InChI is InChI=1S/C11H14FNO2/c12-6-7-15-11(14)8-10(13)9-4-2-1-3-5-9/h1-5,10H,6-8,13H2. The van der Waals surface area contributed by atoms with Gasteiger partial charge in [-0.15, -0.1) is 0 Å². The van der Waals surface area contributed by atoms with Crippen LogP contribution in [0, 0.1) is 0 Å². The predicted molar refractivity (Wildman–Crippen MR) is 54.9 cm³/mol. The molecule has 0 aliphatic carbocycles. The number of carbonyl (C=O) groups excluding carboxylic acids is 1. The molecule has 1 aromatic carbocycles. The van der Waals surface area contributed by atoms with Crippen LogP contribution >= 0.6 is 0 Å².